The lowest BCUT2D eigenvalue weighted by atomic mass is 9.67. The highest BCUT2D eigenvalue weighted by molar-refractivity contribution is 6.91. The molecule has 8 aliphatic rings. The lowest BCUT2D eigenvalue weighted by Gasteiger charge is -2.55. The van der Waals surface area contributed by atoms with Crippen molar-refractivity contribution in [2.24, 2.45) is 23.7 Å². The first-order valence-electron chi connectivity index (χ1n) is 27.8. The van der Waals surface area contributed by atoms with Gasteiger partial charge in [-0.1, -0.05) is 214 Å². The van der Waals surface area contributed by atoms with Crippen LogP contribution in [0.3, 0.4) is 0 Å². The molecule has 2 heteroatoms. The van der Waals surface area contributed by atoms with Gasteiger partial charge in [0.25, 0.3) is 0 Å². The lowest BCUT2D eigenvalue weighted by Crippen LogP contribution is -2.53. The van der Waals surface area contributed by atoms with Crippen molar-refractivity contribution in [2.75, 3.05) is 0 Å². The molecule has 0 amide bonds. The topological polar surface area (TPSA) is 0 Å². The first-order valence-corrected chi connectivity index (χ1v) is 32.3. The van der Waals surface area contributed by atoms with Crippen LogP contribution in [-0.2, 0) is 0 Å². The van der Waals surface area contributed by atoms with Gasteiger partial charge in [-0.15, -0.1) is 0 Å². The molecule has 0 heterocycles. The molecular weight excluding hydrogens is 729 g/mol. The van der Waals surface area contributed by atoms with E-state index in [9.17, 15) is 0 Å². The van der Waals surface area contributed by atoms with Crippen LogP contribution in [-0.4, -0.2) is 16.1 Å². The third-order valence-corrected chi connectivity index (χ3v) is 36.6. The van der Waals surface area contributed by atoms with E-state index < -0.39 is 16.1 Å². The third-order valence-electron chi connectivity index (χ3n) is 21.6. The zero-order valence-corrected chi connectivity index (χ0v) is 41.6. The van der Waals surface area contributed by atoms with Gasteiger partial charge < -0.3 is 0 Å². The van der Waals surface area contributed by atoms with E-state index >= 15 is 0 Å². The van der Waals surface area contributed by atoms with E-state index in [1.807, 2.05) is 11.1 Å². The molecule has 0 bridgehead atoms. The predicted octanol–water partition coefficient (Wildman–Crippen LogP) is 19.3. The summed E-state index contributed by atoms with van der Waals surface area (Å²) in [6, 6.07) is 0. The van der Waals surface area contributed by atoms with Gasteiger partial charge in [0.15, 0.2) is 0 Å². The van der Waals surface area contributed by atoms with Crippen LogP contribution in [0.5, 0.6) is 0 Å². The van der Waals surface area contributed by atoms with Crippen LogP contribution < -0.4 is 0 Å². The van der Waals surface area contributed by atoms with Crippen LogP contribution in [0.1, 0.15) is 272 Å². The van der Waals surface area contributed by atoms with E-state index in [1.165, 1.54) is 64.2 Å². The zero-order chi connectivity index (χ0) is 40.0. The second-order valence-electron chi connectivity index (χ2n) is 23.7. The summed E-state index contributed by atoms with van der Waals surface area (Å²) in [5, 5.41) is 4.27. The molecule has 8 saturated carbocycles. The summed E-state index contributed by atoms with van der Waals surface area (Å²) < 4.78 is 0. The minimum atomic E-state index is -1.59. The van der Waals surface area contributed by atoms with E-state index in [4.69, 9.17) is 0 Å². The summed E-state index contributed by atoms with van der Waals surface area (Å²) in [5.41, 5.74) is 10.7. The summed E-state index contributed by atoms with van der Waals surface area (Å²) in [5.74, 6) is 3.90. The second-order valence-corrected chi connectivity index (χ2v) is 33.8. The van der Waals surface area contributed by atoms with Gasteiger partial charge in [0.05, 0.1) is 16.1 Å². The molecule has 0 radical (unpaired) electrons. The minimum Gasteiger partial charge on any atom is -0.0832 e. The monoisotopic (exact) mass is 827 g/mol. The molecule has 0 nitrogen and oxygen atoms in total. The average Bonchev–Trinajstić information content (AvgIpc) is 3.31. The SMILES string of the molecule is CC(=C(C)[Si](C1CCCCC1)(C1CCCCC1)C1CCCCC1)C1CCC(C2CCC(C(C)=C(C)[Si](C3CCCCC3)(C3CCCCC3)C3CCCCC3)CC2)CC1. The summed E-state index contributed by atoms with van der Waals surface area (Å²) >= 11 is 0. The van der Waals surface area contributed by atoms with Crippen LogP contribution in [0.25, 0.3) is 0 Å². The molecule has 8 aliphatic carbocycles. The number of allylic oxidation sites excluding steroid dienone is 4. The molecular formula is C56H98Si2. The minimum absolute atomic E-state index is 0.917. The van der Waals surface area contributed by atoms with Gasteiger partial charge in [-0.2, -0.15) is 0 Å². The van der Waals surface area contributed by atoms with Crippen molar-refractivity contribution in [3.8, 4) is 0 Å². The molecule has 0 saturated heterocycles. The highest BCUT2D eigenvalue weighted by Gasteiger charge is 2.56. The molecule has 8 fully saturated rings. The Kier molecular flexibility index (Phi) is 16.2. The normalized spacial score (nSPS) is 33.1. The summed E-state index contributed by atoms with van der Waals surface area (Å²) in [6.07, 6.45) is 59.5. The Morgan fingerprint density at radius 3 is 0.621 bits per heavy atom. The van der Waals surface area contributed by atoms with Crippen molar-refractivity contribution < 1.29 is 0 Å². The van der Waals surface area contributed by atoms with Crippen molar-refractivity contribution >= 4 is 16.1 Å². The van der Waals surface area contributed by atoms with Crippen LogP contribution in [0.4, 0.5) is 0 Å². The highest BCUT2D eigenvalue weighted by atomic mass is 28.3. The van der Waals surface area contributed by atoms with Crippen LogP contribution >= 0.6 is 0 Å². The molecule has 0 spiro atoms. The smallest absolute Gasteiger partial charge is 0.0832 e. The maximum Gasteiger partial charge on any atom is 0.0902 e. The van der Waals surface area contributed by atoms with E-state index in [-0.39, 0.29) is 0 Å². The molecule has 0 aliphatic heterocycles. The number of hydrogen-bond donors (Lipinski definition) is 0. The van der Waals surface area contributed by atoms with Gasteiger partial charge in [0, 0.05) is 0 Å². The Labute approximate surface area is 364 Å². The Morgan fingerprint density at radius 2 is 0.431 bits per heavy atom. The van der Waals surface area contributed by atoms with Crippen LogP contribution in [0.15, 0.2) is 21.5 Å². The standard InChI is InChI=1S/C56H98Si2/c1-43(45(3)57(51-23-11-5-12-24-51,52-25-13-6-14-26-52)53-27-15-7-16-28-53)47-35-39-49(40-36-47)50-41-37-48(38-42-50)44(2)46(4)58(54-29-17-8-18-30-54,55-31-19-9-20-32-55)56-33-21-10-22-34-56/h47-56H,5-42H2,1-4H3. The van der Waals surface area contributed by atoms with Crippen molar-refractivity contribution in [1.82, 2.24) is 0 Å². The molecule has 0 unspecified atom stereocenters. The summed E-state index contributed by atoms with van der Waals surface area (Å²) in [6.45, 7) is 11.2. The van der Waals surface area contributed by atoms with Crippen LogP contribution in [0, 0.1) is 23.7 Å². The molecule has 58 heavy (non-hydrogen) atoms. The fraction of sp³-hybridized carbons (Fsp3) is 0.929. The molecule has 0 aromatic heterocycles. The molecule has 0 aromatic carbocycles. The Morgan fingerprint density at radius 1 is 0.241 bits per heavy atom. The number of hydrogen-bond acceptors (Lipinski definition) is 0. The fourth-order valence-corrected chi connectivity index (χ4v) is 36.3. The average molecular weight is 828 g/mol. The Bertz CT molecular complexity index is 1110. The van der Waals surface area contributed by atoms with Gasteiger partial charge in [0.2, 0.25) is 0 Å². The van der Waals surface area contributed by atoms with E-state index in [2.05, 4.69) is 38.1 Å². The van der Waals surface area contributed by atoms with Crippen molar-refractivity contribution in [2.45, 2.75) is 305 Å². The molecule has 8 rings (SSSR count). The molecule has 0 atom stereocenters. The summed E-state index contributed by atoms with van der Waals surface area (Å²) in [7, 11) is -3.18. The number of rotatable bonds is 11. The quantitative estimate of drug-likeness (QED) is 0.182. The zero-order valence-electron chi connectivity index (χ0n) is 39.6. The fourth-order valence-electron chi connectivity index (χ4n) is 18.7. The molecule has 0 aromatic rings. The van der Waals surface area contributed by atoms with E-state index in [0.717, 1.165) is 56.9 Å². The lowest BCUT2D eigenvalue weighted by molar-refractivity contribution is 0.161. The maximum atomic E-state index is 2.83. The highest BCUT2D eigenvalue weighted by Crippen LogP contribution is 2.63. The first-order chi connectivity index (χ1) is 28.5. The molecule has 0 N–H and O–H groups in total. The second kappa shape index (κ2) is 21.1. The predicted molar refractivity (Wildman–Crippen MR) is 260 cm³/mol. The van der Waals surface area contributed by atoms with Crippen molar-refractivity contribution in [3.63, 3.8) is 0 Å². The Balaban J connectivity index is 0.963. The Hall–Kier alpha value is -0.0862. The van der Waals surface area contributed by atoms with Crippen molar-refractivity contribution in [3.05, 3.63) is 21.5 Å². The van der Waals surface area contributed by atoms with Crippen molar-refractivity contribution in [1.29, 1.82) is 0 Å². The van der Waals surface area contributed by atoms with Gasteiger partial charge in [0.1, 0.15) is 0 Å². The molecule has 330 valence electrons. The maximum absolute atomic E-state index is 2.83. The van der Waals surface area contributed by atoms with Gasteiger partial charge in [-0.05, 0) is 136 Å². The first kappa shape index (κ1) is 44.5. The third kappa shape index (κ3) is 9.13. The van der Waals surface area contributed by atoms with Gasteiger partial charge in [-0.3, -0.25) is 0 Å². The van der Waals surface area contributed by atoms with Gasteiger partial charge >= 0.3 is 0 Å². The summed E-state index contributed by atoms with van der Waals surface area (Å²) in [4.78, 5) is 0. The largest absolute Gasteiger partial charge is 0.0902 e. The van der Waals surface area contributed by atoms with Gasteiger partial charge in [-0.25, -0.2) is 0 Å². The van der Waals surface area contributed by atoms with E-state index in [0.29, 0.717) is 0 Å². The van der Waals surface area contributed by atoms with Crippen LogP contribution in [0.2, 0.25) is 33.2 Å². The van der Waals surface area contributed by atoms with E-state index in [1.54, 1.807) is 180 Å².